The number of aromatic nitrogens is 3. The van der Waals surface area contributed by atoms with E-state index >= 15 is 0 Å². The van der Waals surface area contributed by atoms with Crippen molar-refractivity contribution in [3.63, 3.8) is 0 Å². The monoisotopic (exact) mass is 274 g/mol. The minimum atomic E-state index is -4.42. The van der Waals surface area contributed by atoms with E-state index in [4.69, 9.17) is 0 Å². The second-order valence-corrected chi connectivity index (χ2v) is 4.38. The summed E-state index contributed by atoms with van der Waals surface area (Å²) in [5.41, 5.74) is 0.425. The van der Waals surface area contributed by atoms with E-state index in [-0.39, 0.29) is 0 Å². The van der Waals surface area contributed by atoms with E-state index in [1.54, 1.807) is 6.07 Å². The lowest BCUT2D eigenvalue weighted by Gasteiger charge is -2.02. The summed E-state index contributed by atoms with van der Waals surface area (Å²) in [5, 5.41) is 2.09. The molecule has 1 N–H and O–H groups in total. The van der Waals surface area contributed by atoms with Crippen LogP contribution in [0.15, 0.2) is 18.6 Å². The van der Waals surface area contributed by atoms with Crippen LogP contribution in [0.3, 0.4) is 0 Å². The summed E-state index contributed by atoms with van der Waals surface area (Å²) in [6.45, 7) is 2.57. The molecule has 0 aliphatic carbocycles. The molecule has 2 heterocycles. The topological polar surface area (TPSA) is 50.7 Å². The average Bonchev–Trinajstić information content (AvgIpc) is 2.78. The summed E-state index contributed by atoms with van der Waals surface area (Å²) < 4.78 is 37.3. The first-order chi connectivity index (χ1) is 8.50. The van der Waals surface area contributed by atoms with Crippen LogP contribution in [0.4, 0.5) is 19.0 Å². The van der Waals surface area contributed by atoms with Gasteiger partial charge in [-0.2, -0.15) is 13.2 Å². The van der Waals surface area contributed by atoms with Crippen molar-refractivity contribution in [3.05, 3.63) is 23.6 Å². The molecule has 0 fully saturated rings. The van der Waals surface area contributed by atoms with Crippen molar-refractivity contribution >= 4 is 17.2 Å². The van der Waals surface area contributed by atoms with Crippen molar-refractivity contribution in [1.29, 1.82) is 0 Å². The number of halogens is 3. The maximum atomic E-state index is 12.4. The molecule has 2 rings (SSSR count). The van der Waals surface area contributed by atoms with Gasteiger partial charge in [0.15, 0.2) is 5.01 Å². The summed E-state index contributed by atoms with van der Waals surface area (Å²) in [5.74, 6) is 0.574. The van der Waals surface area contributed by atoms with Crippen LogP contribution in [0, 0.1) is 0 Å². The van der Waals surface area contributed by atoms with Gasteiger partial charge in [0, 0.05) is 18.8 Å². The minimum absolute atomic E-state index is 0.365. The van der Waals surface area contributed by atoms with Crippen LogP contribution in [0.25, 0.3) is 10.6 Å². The summed E-state index contributed by atoms with van der Waals surface area (Å²) in [4.78, 5) is 11.6. The van der Waals surface area contributed by atoms with Crippen molar-refractivity contribution in [2.75, 3.05) is 11.9 Å². The van der Waals surface area contributed by atoms with Crippen molar-refractivity contribution in [1.82, 2.24) is 15.0 Å². The third-order valence-electron chi connectivity index (χ3n) is 2.03. The van der Waals surface area contributed by atoms with E-state index in [9.17, 15) is 13.2 Å². The SMILES string of the molecule is CCNc1cc(-c2cnc(C(F)(F)F)s2)ncn1. The fourth-order valence-corrected chi connectivity index (χ4v) is 2.04. The zero-order valence-electron chi connectivity index (χ0n) is 9.32. The van der Waals surface area contributed by atoms with Gasteiger partial charge in [-0.3, -0.25) is 0 Å². The zero-order valence-corrected chi connectivity index (χ0v) is 10.1. The molecule has 2 aromatic rings. The predicted octanol–water partition coefficient (Wildman–Crippen LogP) is 3.05. The largest absolute Gasteiger partial charge is 0.443 e. The Labute approximate surface area is 105 Å². The van der Waals surface area contributed by atoms with E-state index < -0.39 is 11.2 Å². The molecule has 0 bridgehead atoms. The Balaban J connectivity index is 2.31. The fraction of sp³-hybridized carbons (Fsp3) is 0.300. The molecule has 0 aliphatic heterocycles. The molecule has 0 saturated carbocycles. The third kappa shape index (κ3) is 2.76. The number of rotatable bonds is 3. The Bertz CT molecular complexity index is 538. The zero-order chi connectivity index (χ0) is 13.2. The van der Waals surface area contributed by atoms with Crippen LogP contribution >= 0.6 is 11.3 Å². The van der Waals surface area contributed by atoms with E-state index in [0.717, 1.165) is 0 Å². The predicted molar refractivity (Wildman–Crippen MR) is 62.3 cm³/mol. The molecule has 0 radical (unpaired) electrons. The highest BCUT2D eigenvalue weighted by molar-refractivity contribution is 7.15. The standard InChI is InChI=1S/C10H9F3N4S/c1-2-14-8-3-6(16-5-17-8)7-4-15-9(18-7)10(11,12)13/h3-5H,2H2,1H3,(H,14,16,17). The van der Waals surface area contributed by atoms with Gasteiger partial charge in [0.1, 0.15) is 12.1 Å². The van der Waals surface area contributed by atoms with E-state index in [1.807, 2.05) is 6.92 Å². The van der Waals surface area contributed by atoms with Gasteiger partial charge >= 0.3 is 6.18 Å². The minimum Gasteiger partial charge on any atom is -0.370 e. The molecule has 0 spiro atoms. The molecule has 0 aliphatic rings. The van der Waals surface area contributed by atoms with Crippen LogP contribution in [0.2, 0.25) is 0 Å². The molecule has 0 aromatic carbocycles. The number of hydrogen-bond acceptors (Lipinski definition) is 5. The van der Waals surface area contributed by atoms with Crippen molar-refractivity contribution in [3.8, 4) is 10.6 Å². The first-order valence-corrected chi connectivity index (χ1v) is 5.91. The number of alkyl halides is 3. The summed E-state index contributed by atoms with van der Waals surface area (Å²) in [7, 11) is 0. The fourth-order valence-electron chi connectivity index (χ4n) is 1.29. The van der Waals surface area contributed by atoms with Gasteiger partial charge < -0.3 is 5.32 Å². The third-order valence-corrected chi connectivity index (χ3v) is 3.09. The van der Waals surface area contributed by atoms with Crippen molar-refractivity contribution < 1.29 is 13.2 Å². The van der Waals surface area contributed by atoms with Gasteiger partial charge in [-0.1, -0.05) is 0 Å². The van der Waals surface area contributed by atoms with Gasteiger partial charge in [-0.25, -0.2) is 15.0 Å². The molecule has 2 aromatic heterocycles. The molecule has 8 heteroatoms. The van der Waals surface area contributed by atoms with Crippen LogP contribution in [-0.4, -0.2) is 21.5 Å². The van der Waals surface area contributed by atoms with E-state index in [1.165, 1.54) is 12.5 Å². The Hall–Kier alpha value is -1.70. The summed E-state index contributed by atoms with van der Waals surface area (Å²) in [6.07, 6.45) is -1.94. The highest BCUT2D eigenvalue weighted by Crippen LogP contribution is 2.35. The molecule has 4 nitrogen and oxygen atoms in total. The van der Waals surface area contributed by atoms with Crippen LogP contribution in [0.1, 0.15) is 11.9 Å². The molecule has 0 amide bonds. The molecule has 96 valence electrons. The second-order valence-electron chi connectivity index (χ2n) is 3.35. The Kier molecular flexibility index (Phi) is 3.46. The smallest absolute Gasteiger partial charge is 0.370 e. The molecule has 0 unspecified atom stereocenters. The lowest BCUT2D eigenvalue weighted by Crippen LogP contribution is -2.02. The van der Waals surface area contributed by atoms with Gasteiger partial charge in [0.2, 0.25) is 0 Å². The molecule has 0 saturated heterocycles. The molecule has 0 atom stereocenters. The Morgan fingerprint density at radius 2 is 2.06 bits per heavy atom. The second kappa shape index (κ2) is 4.89. The molecular formula is C10H9F3N4S. The lowest BCUT2D eigenvalue weighted by atomic mass is 10.3. The van der Waals surface area contributed by atoms with Crippen LogP contribution < -0.4 is 5.32 Å². The highest BCUT2D eigenvalue weighted by atomic mass is 32.1. The normalized spacial score (nSPS) is 11.6. The number of hydrogen-bond donors (Lipinski definition) is 1. The first-order valence-electron chi connectivity index (χ1n) is 5.10. The van der Waals surface area contributed by atoms with Crippen LogP contribution in [-0.2, 0) is 6.18 Å². The lowest BCUT2D eigenvalue weighted by molar-refractivity contribution is -0.137. The quantitative estimate of drug-likeness (QED) is 0.934. The summed E-state index contributed by atoms with van der Waals surface area (Å²) in [6, 6.07) is 1.59. The summed E-state index contributed by atoms with van der Waals surface area (Å²) >= 11 is 0.566. The van der Waals surface area contributed by atoms with E-state index in [0.29, 0.717) is 34.3 Å². The van der Waals surface area contributed by atoms with Gasteiger partial charge in [0.05, 0.1) is 10.6 Å². The van der Waals surface area contributed by atoms with Gasteiger partial charge in [-0.05, 0) is 6.92 Å². The number of anilines is 1. The van der Waals surface area contributed by atoms with Gasteiger partial charge in [-0.15, -0.1) is 11.3 Å². The van der Waals surface area contributed by atoms with Gasteiger partial charge in [0.25, 0.3) is 0 Å². The average molecular weight is 274 g/mol. The van der Waals surface area contributed by atoms with Crippen molar-refractivity contribution in [2.24, 2.45) is 0 Å². The number of nitrogens with zero attached hydrogens (tertiary/aromatic N) is 3. The maximum Gasteiger partial charge on any atom is 0.443 e. The van der Waals surface area contributed by atoms with E-state index in [2.05, 4.69) is 20.3 Å². The maximum absolute atomic E-state index is 12.4. The Morgan fingerprint density at radius 3 is 2.67 bits per heavy atom. The molecule has 18 heavy (non-hydrogen) atoms. The first kappa shape index (κ1) is 12.7. The van der Waals surface area contributed by atoms with Crippen LogP contribution in [0.5, 0.6) is 0 Å². The molecular weight excluding hydrogens is 265 g/mol. The number of thiazole rings is 1. The van der Waals surface area contributed by atoms with Crippen molar-refractivity contribution in [2.45, 2.75) is 13.1 Å². The Morgan fingerprint density at radius 1 is 1.28 bits per heavy atom. The number of nitrogens with one attached hydrogen (secondary N) is 1. The highest BCUT2D eigenvalue weighted by Gasteiger charge is 2.34.